The van der Waals surface area contributed by atoms with Crippen molar-refractivity contribution in [2.24, 2.45) is 0 Å². The van der Waals surface area contributed by atoms with Gasteiger partial charge in [-0.3, -0.25) is 4.79 Å². The quantitative estimate of drug-likeness (QED) is 0.930. The van der Waals surface area contributed by atoms with E-state index in [0.717, 1.165) is 17.8 Å². The van der Waals surface area contributed by atoms with E-state index >= 15 is 0 Å². The molecule has 0 saturated carbocycles. The number of nitrogens with one attached hydrogen (secondary N) is 1. The third kappa shape index (κ3) is 2.92. The Labute approximate surface area is 125 Å². The van der Waals surface area contributed by atoms with Crippen LogP contribution in [0.25, 0.3) is 0 Å². The molecule has 2 aromatic rings. The zero-order valence-electron chi connectivity index (χ0n) is 12.3. The van der Waals surface area contributed by atoms with E-state index in [9.17, 15) is 4.79 Å². The smallest absolute Gasteiger partial charge is 0.229 e. The summed E-state index contributed by atoms with van der Waals surface area (Å²) in [7, 11) is 0. The summed E-state index contributed by atoms with van der Waals surface area (Å²) in [5.41, 5.74) is 3.41. The molecular weight excluding hydrogens is 260 g/mol. The molecular formula is C18H20N2O. The first-order valence-electron chi connectivity index (χ1n) is 7.44. The predicted octanol–water partition coefficient (Wildman–Crippen LogP) is 3.47. The van der Waals surface area contributed by atoms with Gasteiger partial charge >= 0.3 is 0 Å². The molecule has 1 N–H and O–H groups in total. The fraction of sp³-hybridized carbons (Fsp3) is 0.278. The molecule has 3 nitrogen and oxygen atoms in total. The van der Waals surface area contributed by atoms with Crippen molar-refractivity contribution in [1.82, 2.24) is 0 Å². The van der Waals surface area contributed by atoms with Gasteiger partial charge in [0.1, 0.15) is 0 Å². The Kier molecular flexibility index (Phi) is 3.91. The summed E-state index contributed by atoms with van der Waals surface area (Å²) in [6.07, 6.45) is 1.46. The Morgan fingerprint density at radius 3 is 2.67 bits per heavy atom. The van der Waals surface area contributed by atoms with Crippen LogP contribution in [0.4, 0.5) is 11.4 Å². The molecule has 0 spiro atoms. The topological polar surface area (TPSA) is 32.3 Å². The summed E-state index contributed by atoms with van der Waals surface area (Å²) in [6.45, 7) is 2.77. The maximum absolute atomic E-state index is 12.5. The van der Waals surface area contributed by atoms with Crippen molar-refractivity contribution in [3.63, 3.8) is 0 Å². The number of carbonyl (C=O) groups excluding carboxylic acids is 1. The van der Waals surface area contributed by atoms with Gasteiger partial charge in [0.15, 0.2) is 0 Å². The Morgan fingerprint density at radius 1 is 1.14 bits per heavy atom. The normalized spacial score (nSPS) is 16.6. The van der Waals surface area contributed by atoms with Crippen molar-refractivity contribution in [3.05, 3.63) is 60.2 Å². The van der Waals surface area contributed by atoms with E-state index in [1.54, 1.807) is 0 Å². The summed E-state index contributed by atoms with van der Waals surface area (Å²) in [5.74, 6) is 0.191. The number of hydrogen-bond donors (Lipinski definition) is 1. The van der Waals surface area contributed by atoms with Gasteiger partial charge in [-0.15, -0.1) is 0 Å². The summed E-state index contributed by atoms with van der Waals surface area (Å²) in [4.78, 5) is 14.4. The van der Waals surface area contributed by atoms with Crippen LogP contribution in [0.2, 0.25) is 0 Å². The van der Waals surface area contributed by atoms with Crippen molar-refractivity contribution < 1.29 is 4.79 Å². The number of rotatable bonds is 4. The molecule has 21 heavy (non-hydrogen) atoms. The average Bonchev–Trinajstić information content (AvgIpc) is 2.84. The van der Waals surface area contributed by atoms with Gasteiger partial charge in [0.2, 0.25) is 5.91 Å². The minimum atomic E-state index is 0.191. The first-order valence-corrected chi connectivity index (χ1v) is 7.44. The molecule has 1 atom stereocenters. The molecule has 1 heterocycles. The zero-order valence-corrected chi connectivity index (χ0v) is 12.3. The standard InChI is InChI=1S/C18H20N2O/c1-14-13-15-7-5-6-10-17(15)20(14)18(21)11-12-19-16-8-3-2-4-9-16/h2-10,14,19H,11-13H2,1H3. The number of nitrogens with zero attached hydrogens (tertiary/aromatic N) is 1. The molecule has 1 amide bonds. The maximum atomic E-state index is 12.5. The number of hydrogen-bond acceptors (Lipinski definition) is 2. The molecule has 3 heteroatoms. The van der Waals surface area contributed by atoms with Crippen LogP contribution in [0.5, 0.6) is 0 Å². The molecule has 2 aromatic carbocycles. The first kappa shape index (κ1) is 13.7. The molecule has 0 radical (unpaired) electrons. The minimum Gasteiger partial charge on any atom is -0.385 e. The lowest BCUT2D eigenvalue weighted by molar-refractivity contribution is -0.118. The highest BCUT2D eigenvalue weighted by Crippen LogP contribution is 2.32. The third-order valence-corrected chi connectivity index (χ3v) is 3.92. The second-order valence-corrected chi connectivity index (χ2v) is 5.49. The summed E-state index contributed by atoms with van der Waals surface area (Å²) < 4.78 is 0. The van der Waals surface area contributed by atoms with E-state index in [4.69, 9.17) is 0 Å². The van der Waals surface area contributed by atoms with Gasteiger partial charge < -0.3 is 10.2 Å². The average molecular weight is 280 g/mol. The predicted molar refractivity (Wildman–Crippen MR) is 86.6 cm³/mol. The number of para-hydroxylation sites is 2. The lowest BCUT2D eigenvalue weighted by Gasteiger charge is -2.23. The molecule has 1 aliphatic heterocycles. The monoisotopic (exact) mass is 280 g/mol. The Morgan fingerprint density at radius 2 is 1.86 bits per heavy atom. The molecule has 1 aliphatic rings. The number of benzene rings is 2. The van der Waals surface area contributed by atoms with E-state index in [1.165, 1.54) is 5.56 Å². The van der Waals surface area contributed by atoms with Gasteiger partial charge in [-0.25, -0.2) is 0 Å². The van der Waals surface area contributed by atoms with Crippen LogP contribution in [0.1, 0.15) is 18.9 Å². The van der Waals surface area contributed by atoms with Crippen molar-refractivity contribution in [1.29, 1.82) is 0 Å². The number of anilines is 2. The van der Waals surface area contributed by atoms with Gasteiger partial charge in [0, 0.05) is 30.4 Å². The SMILES string of the molecule is CC1Cc2ccccc2N1C(=O)CCNc1ccccc1. The second kappa shape index (κ2) is 6.00. The molecule has 3 rings (SSSR count). The van der Waals surface area contributed by atoms with Crippen LogP contribution in [-0.4, -0.2) is 18.5 Å². The van der Waals surface area contributed by atoms with Crippen molar-refractivity contribution in [2.45, 2.75) is 25.8 Å². The van der Waals surface area contributed by atoms with Crippen LogP contribution in [0, 0.1) is 0 Å². The fourth-order valence-corrected chi connectivity index (χ4v) is 2.94. The fourth-order valence-electron chi connectivity index (χ4n) is 2.94. The minimum absolute atomic E-state index is 0.191. The van der Waals surface area contributed by atoms with Gasteiger partial charge in [-0.05, 0) is 37.1 Å². The highest BCUT2D eigenvalue weighted by Gasteiger charge is 2.29. The van der Waals surface area contributed by atoms with Gasteiger partial charge in [0.05, 0.1) is 0 Å². The van der Waals surface area contributed by atoms with E-state index in [0.29, 0.717) is 13.0 Å². The Balaban J connectivity index is 1.61. The largest absolute Gasteiger partial charge is 0.385 e. The molecule has 0 aromatic heterocycles. The molecule has 0 bridgehead atoms. The maximum Gasteiger partial charge on any atom is 0.229 e. The van der Waals surface area contributed by atoms with Crippen LogP contribution < -0.4 is 10.2 Å². The first-order chi connectivity index (χ1) is 10.3. The van der Waals surface area contributed by atoms with Crippen molar-refractivity contribution in [3.8, 4) is 0 Å². The highest BCUT2D eigenvalue weighted by molar-refractivity contribution is 5.96. The molecule has 0 fully saturated rings. The highest BCUT2D eigenvalue weighted by atomic mass is 16.2. The number of fused-ring (bicyclic) bond motifs is 1. The Bertz CT molecular complexity index is 624. The van der Waals surface area contributed by atoms with Gasteiger partial charge in [-0.1, -0.05) is 36.4 Å². The second-order valence-electron chi connectivity index (χ2n) is 5.49. The molecule has 108 valence electrons. The molecule has 0 aliphatic carbocycles. The summed E-state index contributed by atoms with van der Waals surface area (Å²) in [6, 6.07) is 18.4. The van der Waals surface area contributed by atoms with Crippen LogP contribution in [-0.2, 0) is 11.2 Å². The molecule has 0 saturated heterocycles. The van der Waals surface area contributed by atoms with E-state index < -0.39 is 0 Å². The summed E-state index contributed by atoms with van der Waals surface area (Å²) in [5, 5.41) is 3.29. The van der Waals surface area contributed by atoms with Crippen molar-refractivity contribution in [2.75, 3.05) is 16.8 Å². The lowest BCUT2D eigenvalue weighted by atomic mass is 10.1. The van der Waals surface area contributed by atoms with E-state index in [2.05, 4.69) is 18.3 Å². The third-order valence-electron chi connectivity index (χ3n) is 3.92. The van der Waals surface area contributed by atoms with Crippen molar-refractivity contribution >= 4 is 17.3 Å². The van der Waals surface area contributed by atoms with E-state index in [1.807, 2.05) is 53.4 Å². The van der Waals surface area contributed by atoms with Crippen LogP contribution in [0.15, 0.2) is 54.6 Å². The van der Waals surface area contributed by atoms with Crippen LogP contribution >= 0.6 is 0 Å². The van der Waals surface area contributed by atoms with Crippen LogP contribution in [0.3, 0.4) is 0 Å². The molecule has 1 unspecified atom stereocenters. The Hall–Kier alpha value is -2.29. The number of carbonyl (C=O) groups is 1. The van der Waals surface area contributed by atoms with Gasteiger partial charge in [-0.2, -0.15) is 0 Å². The zero-order chi connectivity index (χ0) is 14.7. The summed E-state index contributed by atoms with van der Waals surface area (Å²) >= 11 is 0. The lowest BCUT2D eigenvalue weighted by Crippen LogP contribution is -2.36. The number of amides is 1. The van der Waals surface area contributed by atoms with Gasteiger partial charge in [0.25, 0.3) is 0 Å². The van der Waals surface area contributed by atoms with E-state index in [-0.39, 0.29) is 11.9 Å².